The van der Waals surface area contributed by atoms with Crippen LogP contribution in [0.3, 0.4) is 0 Å². The molecule has 1 rings (SSSR count). The molecule has 0 spiro atoms. The lowest BCUT2D eigenvalue weighted by molar-refractivity contribution is 0.408. The molecule has 1 aromatic carbocycles. The quantitative estimate of drug-likeness (QED) is 0.598. The van der Waals surface area contributed by atoms with Gasteiger partial charge in [-0.15, -0.1) is 0 Å². The SMILES string of the molecule is CCCCCCCC(C)NCCc1ccccc1OC. The van der Waals surface area contributed by atoms with Crippen LogP contribution in [-0.4, -0.2) is 19.7 Å². The van der Waals surface area contributed by atoms with Crippen LogP contribution >= 0.6 is 0 Å². The molecule has 20 heavy (non-hydrogen) atoms. The summed E-state index contributed by atoms with van der Waals surface area (Å²) < 4.78 is 5.38. The minimum absolute atomic E-state index is 0.617. The number of unbranched alkanes of at least 4 members (excludes halogenated alkanes) is 4. The van der Waals surface area contributed by atoms with Crippen molar-refractivity contribution in [3.8, 4) is 5.75 Å². The van der Waals surface area contributed by atoms with Gasteiger partial charge in [-0.25, -0.2) is 0 Å². The van der Waals surface area contributed by atoms with Crippen LogP contribution < -0.4 is 10.1 Å². The van der Waals surface area contributed by atoms with Gasteiger partial charge in [0.25, 0.3) is 0 Å². The maximum Gasteiger partial charge on any atom is 0.122 e. The lowest BCUT2D eigenvalue weighted by Crippen LogP contribution is -2.28. The fourth-order valence-corrected chi connectivity index (χ4v) is 2.52. The van der Waals surface area contributed by atoms with E-state index >= 15 is 0 Å². The van der Waals surface area contributed by atoms with Crippen molar-refractivity contribution in [2.45, 2.75) is 64.8 Å². The summed E-state index contributed by atoms with van der Waals surface area (Å²) in [6.07, 6.45) is 9.15. The molecule has 0 saturated heterocycles. The average molecular weight is 277 g/mol. The molecule has 1 aromatic rings. The molecule has 0 heterocycles. The second-order valence-corrected chi connectivity index (χ2v) is 5.62. The third kappa shape index (κ3) is 6.95. The van der Waals surface area contributed by atoms with Crippen LogP contribution in [0.4, 0.5) is 0 Å². The maximum absolute atomic E-state index is 5.38. The fourth-order valence-electron chi connectivity index (χ4n) is 2.52. The standard InChI is InChI=1S/C18H31NO/c1-4-5-6-7-8-11-16(2)19-15-14-17-12-9-10-13-18(17)20-3/h9-10,12-13,16,19H,4-8,11,14-15H2,1-3H3. The molecule has 0 aliphatic heterocycles. The molecule has 0 aromatic heterocycles. The highest BCUT2D eigenvalue weighted by Crippen LogP contribution is 2.17. The highest BCUT2D eigenvalue weighted by molar-refractivity contribution is 5.33. The Morgan fingerprint density at radius 1 is 1.10 bits per heavy atom. The first-order valence-corrected chi connectivity index (χ1v) is 8.13. The van der Waals surface area contributed by atoms with E-state index in [4.69, 9.17) is 4.74 Å². The van der Waals surface area contributed by atoms with E-state index in [0.29, 0.717) is 6.04 Å². The van der Waals surface area contributed by atoms with Crippen molar-refractivity contribution in [3.63, 3.8) is 0 Å². The molecule has 0 bridgehead atoms. The van der Waals surface area contributed by atoms with Crippen molar-refractivity contribution in [1.29, 1.82) is 0 Å². The fraction of sp³-hybridized carbons (Fsp3) is 0.667. The zero-order valence-corrected chi connectivity index (χ0v) is 13.5. The number of ether oxygens (including phenoxy) is 1. The maximum atomic E-state index is 5.38. The van der Waals surface area contributed by atoms with Gasteiger partial charge in [0, 0.05) is 6.04 Å². The minimum atomic E-state index is 0.617. The average Bonchev–Trinajstić information content (AvgIpc) is 2.47. The van der Waals surface area contributed by atoms with E-state index in [9.17, 15) is 0 Å². The summed E-state index contributed by atoms with van der Waals surface area (Å²) in [7, 11) is 1.74. The van der Waals surface area contributed by atoms with E-state index in [1.54, 1.807) is 7.11 Å². The van der Waals surface area contributed by atoms with E-state index in [1.807, 2.05) is 12.1 Å². The molecule has 1 unspecified atom stereocenters. The predicted octanol–water partition coefficient (Wildman–Crippen LogP) is 4.58. The summed E-state index contributed by atoms with van der Waals surface area (Å²) in [5.74, 6) is 1.00. The lowest BCUT2D eigenvalue weighted by atomic mass is 10.1. The Bertz CT molecular complexity index is 351. The topological polar surface area (TPSA) is 21.3 Å². The molecular weight excluding hydrogens is 246 g/mol. The summed E-state index contributed by atoms with van der Waals surface area (Å²) in [4.78, 5) is 0. The van der Waals surface area contributed by atoms with Gasteiger partial charge in [0.2, 0.25) is 0 Å². The predicted molar refractivity (Wildman–Crippen MR) is 87.5 cm³/mol. The Hall–Kier alpha value is -1.02. The third-order valence-corrected chi connectivity index (χ3v) is 3.82. The van der Waals surface area contributed by atoms with Crippen molar-refractivity contribution < 1.29 is 4.74 Å². The Morgan fingerprint density at radius 2 is 1.85 bits per heavy atom. The van der Waals surface area contributed by atoms with Crippen molar-refractivity contribution in [2.75, 3.05) is 13.7 Å². The summed E-state index contributed by atoms with van der Waals surface area (Å²) in [6.45, 7) is 5.58. The van der Waals surface area contributed by atoms with Gasteiger partial charge in [-0.3, -0.25) is 0 Å². The molecule has 0 fully saturated rings. The summed E-state index contributed by atoms with van der Waals surface area (Å²) in [5.41, 5.74) is 1.29. The number of para-hydroxylation sites is 1. The van der Waals surface area contributed by atoms with Gasteiger partial charge in [0.05, 0.1) is 7.11 Å². The van der Waals surface area contributed by atoms with Gasteiger partial charge in [-0.05, 0) is 37.9 Å². The molecule has 1 atom stereocenters. The molecule has 0 radical (unpaired) electrons. The van der Waals surface area contributed by atoms with Crippen molar-refractivity contribution >= 4 is 0 Å². The molecule has 0 aliphatic carbocycles. The zero-order valence-electron chi connectivity index (χ0n) is 13.5. The molecule has 114 valence electrons. The van der Waals surface area contributed by atoms with Gasteiger partial charge in [0.15, 0.2) is 0 Å². The van der Waals surface area contributed by atoms with E-state index in [-0.39, 0.29) is 0 Å². The lowest BCUT2D eigenvalue weighted by Gasteiger charge is -2.14. The monoisotopic (exact) mass is 277 g/mol. The van der Waals surface area contributed by atoms with Crippen LogP contribution in [0.15, 0.2) is 24.3 Å². The number of hydrogen-bond acceptors (Lipinski definition) is 2. The Balaban J connectivity index is 2.13. The van der Waals surface area contributed by atoms with E-state index < -0.39 is 0 Å². The minimum Gasteiger partial charge on any atom is -0.496 e. The van der Waals surface area contributed by atoms with Crippen molar-refractivity contribution in [3.05, 3.63) is 29.8 Å². The van der Waals surface area contributed by atoms with Crippen LogP contribution in [0.2, 0.25) is 0 Å². The van der Waals surface area contributed by atoms with Gasteiger partial charge in [-0.2, -0.15) is 0 Å². The highest BCUT2D eigenvalue weighted by atomic mass is 16.5. The zero-order chi connectivity index (χ0) is 14.6. The van der Waals surface area contributed by atoms with E-state index in [2.05, 4.69) is 31.3 Å². The normalized spacial score (nSPS) is 12.3. The second kappa shape index (κ2) is 10.7. The van der Waals surface area contributed by atoms with Crippen LogP contribution in [0.25, 0.3) is 0 Å². The number of hydrogen-bond donors (Lipinski definition) is 1. The first-order chi connectivity index (χ1) is 9.77. The second-order valence-electron chi connectivity index (χ2n) is 5.62. The van der Waals surface area contributed by atoms with Crippen molar-refractivity contribution in [2.24, 2.45) is 0 Å². The number of nitrogens with one attached hydrogen (secondary N) is 1. The summed E-state index contributed by atoms with van der Waals surface area (Å²) >= 11 is 0. The van der Waals surface area contributed by atoms with Crippen LogP contribution in [0.5, 0.6) is 5.75 Å². The number of benzene rings is 1. The van der Waals surface area contributed by atoms with Gasteiger partial charge >= 0.3 is 0 Å². The largest absolute Gasteiger partial charge is 0.496 e. The Kier molecular flexibility index (Phi) is 9.14. The van der Waals surface area contributed by atoms with Crippen LogP contribution in [-0.2, 0) is 6.42 Å². The summed E-state index contributed by atoms with van der Waals surface area (Å²) in [6, 6.07) is 8.90. The first kappa shape index (κ1) is 17.0. The van der Waals surface area contributed by atoms with Crippen molar-refractivity contribution in [1.82, 2.24) is 5.32 Å². The van der Waals surface area contributed by atoms with E-state index in [1.165, 1.54) is 44.1 Å². The molecule has 0 saturated carbocycles. The van der Waals surface area contributed by atoms with Gasteiger partial charge in [0.1, 0.15) is 5.75 Å². The van der Waals surface area contributed by atoms with E-state index in [0.717, 1.165) is 18.7 Å². The van der Waals surface area contributed by atoms with Gasteiger partial charge in [-0.1, -0.05) is 57.2 Å². The Morgan fingerprint density at radius 3 is 2.60 bits per heavy atom. The molecule has 1 N–H and O–H groups in total. The molecule has 2 nitrogen and oxygen atoms in total. The molecule has 2 heteroatoms. The smallest absolute Gasteiger partial charge is 0.122 e. The molecule has 0 amide bonds. The number of methoxy groups -OCH3 is 1. The summed E-state index contributed by atoms with van der Waals surface area (Å²) in [5, 5.41) is 3.62. The van der Waals surface area contributed by atoms with Crippen LogP contribution in [0, 0.1) is 0 Å². The first-order valence-electron chi connectivity index (χ1n) is 8.13. The Labute approximate surface area is 124 Å². The molecular formula is C18H31NO. The number of rotatable bonds is 11. The highest BCUT2D eigenvalue weighted by Gasteiger charge is 2.04. The van der Waals surface area contributed by atoms with Crippen LogP contribution in [0.1, 0.15) is 57.9 Å². The van der Waals surface area contributed by atoms with Gasteiger partial charge < -0.3 is 10.1 Å². The third-order valence-electron chi connectivity index (χ3n) is 3.82. The molecule has 0 aliphatic rings.